The molecule has 5 nitrogen and oxygen atoms in total. The molecule has 0 radical (unpaired) electrons. The zero-order chi connectivity index (χ0) is 9.02. The highest BCUT2D eigenvalue weighted by molar-refractivity contribution is 6.37. The average Bonchev–Trinajstić information content (AvgIpc) is 1.85. The summed E-state index contributed by atoms with van der Waals surface area (Å²) in [5.41, 5.74) is 0. The molecule has 0 saturated carbocycles. The number of carboxylic acids is 1. The number of carbonyl (C=O) groups is 3. The first-order valence-electron chi connectivity index (χ1n) is 2.78. The molecule has 60 valence electrons. The van der Waals surface area contributed by atoms with Crippen molar-refractivity contribution in [2.75, 3.05) is 0 Å². The van der Waals surface area contributed by atoms with Crippen LogP contribution in [0.4, 0.5) is 0 Å². The van der Waals surface area contributed by atoms with E-state index in [4.69, 9.17) is 10.5 Å². The van der Waals surface area contributed by atoms with Crippen LogP contribution in [0.2, 0.25) is 0 Å². The van der Waals surface area contributed by atoms with E-state index in [0.717, 1.165) is 6.92 Å². The molecule has 1 unspecified atom stereocenters. The van der Waals surface area contributed by atoms with Gasteiger partial charge in [-0.25, -0.2) is 0 Å². The molecule has 0 aliphatic heterocycles. The third kappa shape index (κ3) is 2.29. The molecule has 2 N–H and O–H groups in total. The Kier molecular flexibility index (Phi) is 3.10. The topological polar surface area (TPSA) is 95.3 Å². The first-order chi connectivity index (χ1) is 5.00. The van der Waals surface area contributed by atoms with Crippen LogP contribution in [0.15, 0.2) is 0 Å². The van der Waals surface area contributed by atoms with Crippen LogP contribution < -0.4 is 0 Å². The highest BCUT2D eigenvalue weighted by Crippen LogP contribution is 1.98. The number of aliphatic carboxylic acids is 1. The van der Waals surface area contributed by atoms with Gasteiger partial charge in [-0.05, 0) is 6.92 Å². The molecule has 0 fully saturated rings. The van der Waals surface area contributed by atoms with Crippen molar-refractivity contribution in [3.8, 4) is 0 Å². The van der Waals surface area contributed by atoms with E-state index in [-0.39, 0.29) is 0 Å². The summed E-state index contributed by atoms with van der Waals surface area (Å²) < 4.78 is 0. The van der Waals surface area contributed by atoms with Gasteiger partial charge in [0.15, 0.2) is 17.5 Å². The van der Waals surface area contributed by atoms with Crippen molar-refractivity contribution in [2.45, 2.75) is 6.92 Å². The van der Waals surface area contributed by atoms with Crippen molar-refractivity contribution in [3.63, 3.8) is 0 Å². The van der Waals surface area contributed by atoms with Gasteiger partial charge >= 0.3 is 5.97 Å². The van der Waals surface area contributed by atoms with Crippen LogP contribution in [0, 0.1) is 11.3 Å². The van der Waals surface area contributed by atoms with Gasteiger partial charge in [-0.15, -0.1) is 0 Å². The van der Waals surface area contributed by atoms with E-state index < -0.39 is 23.5 Å². The second kappa shape index (κ2) is 3.60. The largest absolute Gasteiger partial charge is 0.480 e. The molecule has 0 aromatic heterocycles. The van der Waals surface area contributed by atoms with Crippen molar-refractivity contribution < 1.29 is 19.5 Å². The van der Waals surface area contributed by atoms with Gasteiger partial charge in [0.05, 0.1) is 6.21 Å². The number of nitrogens with one attached hydrogen (secondary N) is 1. The number of hydrogen-bond donors (Lipinski definition) is 2. The van der Waals surface area contributed by atoms with Gasteiger partial charge in [-0.1, -0.05) is 0 Å². The summed E-state index contributed by atoms with van der Waals surface area (Å²) in [5, 5.41) is 14.7. The summed E-state index contributed by atoms with van der Waals surface area (Å²) in [7, 11) is 0. The zero-order valence-electron chi connectivity index (χ0n) is 5.83. The molecule has 0 amide bonds. The lowest BCUT2D eigenvalue weighted by molar-refractivity contribution is -0.148. The van der Waals surface area contributed by atoms with E-state index in [9.17, 15) is 14.4 Å². The number of hydrogen-bond acceptors (Lipinski definition) is 4. The molecular formula is C6H7NO4. The Bertz CT molecular complexity index is 207. The van der Waals surface area contributed by atoms with E-state index in [0.29, 0.717) is 6.21 Å². The predicted octanol–water partition coefficient (Wildman–Crippen LogP) is -0.505. The van der Waals surface area contributed by atoms with Crippen LogP contribution in [-0.2, 0) is 14.4 Å². The smallest absolute Gasteiger partial charge is 0.322 e. The summed E-state index contributed by atoms with van der Waals surface area (Å²) in [6, 6.07) is 0. The molecule has 0 bridgehead atoms. The maximum Gasteiger partial charge on any atom is 0.322 e. The van der Waals surface area contributed by atoms with E-state index in [1.54, 1.807) is 0 Å². The van der Waals surface area contributed by atoms with Crippen molar-refractivity contribution in [1.29, 1.82) is 5.41 Å². The maximum atomic E-state index is 10.6. The lowest BCUT2D eigenvalue weighted by atomic mass is 10.0. The Morgan fingerprint density at radius 1 is 1.45 bits per heavy atom. The first kappa shape index (κ1) is 9.48. The molecule has 0 aliphatic rings. The predicted molar refractivity (Wildman–Crippen MR) is 35.6 cm³/mol. The third-order valence-corrected chi connectivity index (χ3v) is 1.08. The Hall–Kier alpha value is -1.52. The number of rotatable bonds is 4. The SMILES string of the molecule is CC(=O)C(C(=O)O)C(=O)C=N. The van der Waals surface area contributed by atoms with Gasteiger partial charge in [0.25, 0.3) is 0 Å². The van der Waals surface area contributed by atoms with E-state index in [1.165, 1.54) is 0 Å². The zero-order valence-corrected chi connectivity index (χ0v) is 5.83. The molecule has 0 aliphatic carbocycles. The molecule has 5 heteroatoms. The summed E-state index contributed by atoms with van der Waals surface area (Å²) in [6.45, 7) is 1.00. The standard InChI is InChI=1S/C6H7NO4/c1-3(8)5(6(10)11)4(9)2-7/h2,5,7H,1H3,(H,10,11). The van der Waals surface area contributed by atoms with Crippen molar-refractivity contribution >= 4 is 23.8 Å². The van der Waals surface area contributed by atoms with Crippen LogP contribution >= 0.6 is 0 Å². The highest BCUT2D eigenvalue weighted by Gasteiger charge is 2.28. The third-order valence-electron chi connectivity index (χ3n) is 1.08. The Morgan fingerprint density at radius 2 is 1.91 bits per heavy atom. The van der Waals surface area contributed by atoms with E-state index in [2.05, 4.69) is 0 Å². The van der Waals surface area contributed by atoms with Crippen molar-refractivity contribution in [1.82, 2.24) is 0 Å². The lowest BCUT2D eigenvalue weighted by Gasteiger charge is -2.01. The monoisotopic (exact) mass is 157 g/mol. The molecule has 0 spiro atoms. The van der Waals surface area contributed by atoms with Gasteiger partial charge in [0.1, 0.15) is 0 Å². The van der Waals surface area contributed by atoms with Gasteiger partial charge < -0.3 is 10.5 Å². The fourth-order valence-corrected chi connectivity index (χ4v) is 0.579. The Morgan fingerprint density at radius 3 is 2.00 bits per heavy atom. The molecule has 0 heterocycles. The van der Waals surface area contributed by atoms with Gasteiger partial charge in [0.2, 0.25) is 0 Å². The minimum Gasteiger partial charge on any atom is -0.480 e. The van der Waals surface area contributed by atoms with Crippen LogP contribution in [0.1, 0.15) is 6.92 Å². The van der Waals surface area contributed by atoms with Crippen LogP contribution in [0.25, 0.3) is 0 Å². The summed E-state index contributed by atoms with van der Waals surface area (Å²) in [5.74, 6) is -4.96. The fraction of sp³-hybridized carbons (Fsp3) is 0.333. The summed E-state index contributed by atoms with van der Waals surface area (Å²) in [6.07, 6.45) is 0.334. The maximum absolute atomic E-state index is 10.6. The second-order valence-electron chi connectivity index (χ2n) is 1.93. The summed E-state index contributed by atoms with van der Waals surface area (Å²) in [4.78, 5) is 31.2. The van der Waals surface area contributed by atoms with Crippen molar-refractivity contribution in [3.05, 3.63) is 0 Å². The second-order valence-corrected chi connectivity index (χ2v) is 1.93. The quantitative estimate of drug-likeness (QED) is 0.424. The minimum absolute atomic E-state index is 0.334. The van der Waals surface area contributed by atoms with Crippen LogP contribution in [-0.4, -0.2) is 28.9 Å². The number of ketones is 2. The van der Waals surface area contributed by atoms with Crippen LogP contribution in [0.5, 0.6) is 0 Å². The molecule has 0 saturated heterocycles. The molecule has 0 aromatic rings. The van der Waals surface area contributed by atoms with E-state index in [1.807, 2.05) is 0 Å². The Labute approximate surface area is 62.5 Å². The normalized spacial score (nSPS) is 11.7. The number of carboxylic acid groups (broad SMARTS) is 1. The molecule has 0 rings (SSSR count). The number of Topliss-reactive ketones (excluding diaryl/α,β-unsaturated/α-hetero) is 2. The van der Waals surface area contributed by atoms with Crippen molar-refractivity contribution in [2.24, 2.45) is 5.92 Å². The fourth-order valence-electron chi connectivity index (χ4n) is 0.579. The van der Waals surface area contributed by atoms with E-state index >= 15 is 0 Å². The minimum atomic E-state index is -1.70. The lowest BCUT2D eigenvalue weighted by Crippen LogP contribution is -2.30. The van der Waals surface area contributed by atoms with Crippen LogP contribution in [0.3, 0.4) is 0 Å². The van der Waals surface area contributed by atoms with Gasteiger partial charge in [0, 0.05) is 0 Å². The Balaban J connectivity index is 4.60. The van der Waals surface area contributed by atoms with Gasteiger partial charge in [-0.2, -0.15) is 0 Å². The molecular weight excluding hydrogens is 150 g/mol. The number of carbonyl (C=O) groups excluding carboxylic acids is 2. The average molecular weight is 157 g/mol. The molecule has 0 aromatic carbocycles. The first-order valence-corrected chi connectivity index (χ1v) is 2.78. The molecule has 1 atom stereocenters. The summed E-state index contributed by atoms with van der Waals surface area (Å²) >= 11 is 0. The van der Waals surface area contributed by atoms with Gasteiger partial charge in [-0.3, -0.25) is 14.4 Å². The highest BCUT2D eigenvalue weighted by atomic mass is 16.4. The molecule has 11 heavy (non-hydrogen) atoms.